The molecule has 0 saturated heterocycles. The number of furan rings is 1. The number of rotatable bonds is 5. The van der Waals surface area contributed by atoms with Gasteiger partial charge in [0.25, 0.3) is 0 Å². The first-order chi connectivity index (χ1) is 13.5. The van der Waals surface area contributed by atoms with Crippen LogP contribution in [0.25, 0.3) is 27.8 Å². The van der Waals surface area contributed by atoms with Crippen LogP contribution in [0, 0.1) is 6.92 Å². The summed E-state index contributed by atoms with van der Waals surface area (Å²) in [5.74, 6) is 0.258. The number of amides is 1. The SMILES string of the molecule is Cc1nc(NC(=O)/C=C/c2ccco2)sc1-c1nc2ccccc2n1C(F)F. The van der Waals surface area contributed by atoms with Gasteiger partial charge in [-0.25, -0.2) is 9.97 Å². The van der Waals surface area contributed by atoms with Gasteiger partial charge in [-0.3, -0.25) is 14.7 Å². The zero-order valence-electron chi connectivity index (χ0n) is 14.6. The predicted octanol–water partition coefficient (Wildman–Crippen LogP) is 5.11. The molecule has 0 bridgehead atoms. The van der Waals surface area contributed by atoms with Gasteiger partial charge in [0, 0.05) is 6.08 Å². The zero-order valence-corrected chi connectivity index (χ0v) is 15.4. The molecule has 3 aromatic heterocycles. The van der Waals surface area contributed by atoms with Crippen molar-refractivity contribution in [3.63, 3.8) is 0 Å². The molecule has 0 radical (unpaired) electrons. The molecular formula is C19H14F2N4O2S. The van der Waals surface area contributed by atoms with E-state index in [4.69, 9.17) is 4.42 Å². The number of aromatic nitrogens is 3. The summed E-state index contributed by atoms with van der Waals surface area (Å²) in [5.41, 5.74) is 1.32. The second-order valence-corrected chi connectivity index (χ2v) is 6.84. The number of para-hydroxylation sites is 2. The van der Waals surface area contributed by atoms with E-state index in [2.05, 4.69) is 15.3 Å². The fourth-order valence-electron chi connectivity index (χ4n) is 2.75. The van der Waals surface area contributed by atoms with E-state index in [-0.39, 0.29) is 5.82 Å². The average Bonchev–Trinajstić information content (AvgIpc) is 3.37. The Balaban J connectivity index is 1.64. The van der Waals surface area contributed by atoms with Crippen LogP contribution in [-0.2, 0) is 4.79 Å². The third-order valence-corrected chi connectivity index (χ3v) is 5.03. The Morgan fingerprint density at radius 1 is 1.25 bits per heavy atom. The highest BCUT2D eigenvalue weighted by Gasteiger charge is 2.22. The van der Waals surface area contributed by atoms with Gasteiger partial charge < -0.3 is 4.42 Å². The van der Waals surface area contributed by atoms with E-state index in [9.17, 15) is 13.6 Å². The number of carbonyl (C=O) groups is 1. The minimum Gasteiger partial charge on any atom is -0.465 e. The molecule has 3 heterocycles. The third kappa shape index (κ3) is 3.44. The van der Waals surface area contributed by atoms with Gasteiger partial charge in [-0.15, -0.1) is 0 Å². The molecular weight excluding hydrogens is 386 g/mol. The predicted molar refractivity (Wildman–Crippen MR) is 103 cm³/mol. The minimum absolute atomic E-state index is 0.123. The minimum atomic E-state index is -2.75. The number of hydrogen-bond donors (Lipinski definition) is 1. The van der Waals surface area contributed by atoms with Crippen LogP contribution in [0.5, 0.6) is 0 Å². The van der Waals surface area contributed by atoms with E-state index in [0.717, 1.165) is 15.9 Å². The normalized spacial score (nSPS) is 11.7. The van der Waals surface area contributed by atoms with Crippen LogP contribution in [-0.4, -0.2) is 20.4 Å². The Hall–Kier alpha value is -3.33. The molecule has 9 heteroatoms. The molecule has 0 aliphatic carbocycles. The van der Waals surface area contributed by atoms with E-state index < -0.39 is 12.5 Å². The number of anilines is 1. The number of hydrogen-bond acceptors (Lipinski definition) is 5. The number of alkyl halides is 2. The molecule has 1 amide bonds. The van der Waals surface area contributed by atoms with Gasteiger partial charge in [0.05, 0.1) is 27.9 Å². The number of halogens is 2. The first-order valence-electron chi connectivity index (χ1n) is 8.28. The molecule has 4 aromatic rings. The second kappa shape index (κ2) is 7.35. The fraction of sp³-hybridized carbons (Fsp3) is 0.105. The number of benzene rings is 1. The van der Waals surface area contributed by atoms with Gasteiger partial charge in [0.1, 0.15) is 5.76 Å². The summed E-state index contributed by atoms with van der Waals surface area (Å²) in [5, 5.41) is 2.93. The van der Waals surface area contributed by atoms with Crippen molar-refractivity contribution in [1.82, 2.24) is 14.5 Å². The van der Waals surface area contributed by atoms with Gasteiger partial charge >= 0.3 is 6.55 Å². The summed E-state index contributed by atoms with van der Waals surface area (Å²) in [4.78, 5) is 21.2. The molecule has 0 aliphatic rings. The molecule has 1 N–H and O–H groups in total. The van der Waals surface area contributed by atoms with Crippen molar-refractivity contribution >= 4 is 39.5 Å². The highest BCUT2D eigenvalue weighted by molar-refractivity contribution is 7.19. The highest BCUT2D eigenvalue weighted by Crippen LogP contribution is 2.36. The summed E-state index contributed by atoms with van der Waals surface area (Å²) in [7, 11) is 0. The van der Waals surface area contributed by atoms with Crippen LogP contribution in [0.1, 0.15) is 18.0 Å². The molecule has 4 rings (SSSR count). The summed E-state index contributed by atoms with van der Waals surface area (Å²) in [6.07, 6.45) is 4.33. The zero-order chi connectivity index (χ0) is 19.7. The van der Waals surface area contributed by atoms with Gasteiger partial charge in [0.2, 0.25) is 5.91 Å². The van der Waals surface area contributed by atoms with Crippen molar-refractivity contribution in [2.75, 3.05) is 5.32 Å². The molecule has 0 fully saturated rings. The maximum atomic E-state index is 13.7. The molecule has 6 nitrogen and oxygen atoms in total. The Labute approximate surface area is 162 Å². The topological polar surface area (TPSA) is 73.0 Å². The van der Waals surface area contributed by atoms with Crippen molar-refractivity contribution < 1.29 is 18.0 Å². The van der Waals surface area contributed by atoms with Gasteiger partial charge in [-0.2, -0.15) is 8.78 Å². The lowest BCUT2D eigenvalue weighted by molar-refractivity contribution is -0.111. The van der Waals surface area contributed by atoms with E-state index >= 15 is 0 Å². The average molecular weight is 400 g/mol. The molecule has 0 spiro atoms. The Morgan fingerprint density at radius 3 is 2.82 bits per heavy atom. The van der Waals surface area contributed by atoms with E-state index in [1.807, 2.05) is 0 Å². The van der Waals surface area contributed by atoms with Crippen molar-refractivity contribution in [3.8, 4) is 10.7 Å². The van der Waals surface area contributed by atoms with Gasteiger partial charge in [0.15, 0.2) is 11.0 Å². The molecule has 0 unspecified atom stereocenters. The molecule has 0 saturated carbocycles. The van der Waals surface area contributed by atoms with Crippen LogP contribution >= 0.6 is 11.3 Å². The number of nitrogens with zero attached hydrogens (tertiary/aromatic N) is 3. The van der Waals surface area contributed by atoms with E-state index in [1.165, 1.54) is 18.4 Å². The first-order valence-corrected chi connectivity index (χ1v) is 9.10. The van der Waals surface area contributed by atoms with Crippen molar-refractivity contribution in [2.45, 2.75) is 13.5 Å². The summed E-state index contributed by atoms with van der Waals surface area (Å²) >= 11 is 1.09. The van der Waals surface area contributed by atoms with Crippen LogP contribution < -0.4 is 5.32 Å². The van der Waals surface area contributed by atoms with Crippen molar-refractivity contribution in [3.05, 3.63) is 60.2 Å². The third-order valence-electron chi connectivity index (χ3n) is 3.96. The van der Waals surface area contributed by atoms with Crippen LogP contribution in [0.4, 0.5) is 13.9 Å². The largest absolute Gasteiger partial charge is 0.465 e. The molecule has 28 heavy (non-hydrogen) atoms. The van der Waals surface area contributed by atoms with Crippen molar-refractivity contribution in [1.29, 1.82) is 0 Å². The summed E-state index contributed by atoms with van der Waals surface area (Å²) in [6.45, 7) is -1.06. The van der Waals surface area contributed by atoms with Crippen LogP contribution in [0.15, 0.2) is 53.2 Å². The number of thiazole rings is 1. The smallest absolute Gasteiger partial charge is 0.320 e. The lowest BCUT2D eigenvalue weighted by atomic mass is 10.3. The lowest BCUT2D eigenvalue weighted by Crippen LogP contribution is -2.07. The fourth-order valence-corrected chi connectivity index (χ4v) is 3.71. The van der Waals surface area contributed by atoms with Crippen LogP contribution in [0.3, 0.4) is 0 Å². The maximum absolute atomic E-state index is 13.7. The standard InChI is InChI=1S/C19H14F2N4O2S/c1-11-16(17-23-13-6-2-3-7-14(13)25(17)18(20)21)28-19(22-11)24-15(26)9-8-12-5-4-10-27-12/h2-10,18H,1H3,(H,22,24,26)/b9-8+. The monoisotopic (exact) mass is 400 g/mol. The van der Waals surface area contributed by atoms with Crippen molar-refractivity contribution in [2.24, 2.45) is 0 Å². The molecule has 0 atom stereocenters. The van der Waals surface area contributed by atoms with Gasteiger partial charge in [-0.05, 0) is 37.3 Å². The lowest BCUT2D eigenvalue weighted by Gasteiger charge is -2.06. The maximum Gasteiger partial charge on any atom is 0.320 e. The first kappa shape index (κ1) is 18.1. The number of nitrogens with one attached hydrogen (secondary N) is 1. The van der Waals surface area contributed by atoms with Gasteiger partial charge in [-0.1, -0.05) is 23.5 Å². The Bertz CT molecular complexity index is 1160. The van der Waals surface area contributed by atoms with E-state index in [0.29, 0.717) is 32.5 Å². The molecule has 1 aromatic carbocycles. The number of imidazole rings is 1. The molecule has 0 aliphatic heterocycles. The number of aryl methyl sites for hydroxylation is 1. The Kier molecular flexibility index (Phi) is 4.74. The number of fused-ring (bicyclic) bond motifs is 1. The summed E-state index contributed by atoms with van der Waals surface area (Å²) in [6, 6.07) is 10.1. The number of carbonyl (C=O) groups excluding carboxylic acids is 1. The summed E-state index contributed by atoms with van der Waals surface area (Å²) < 4.78 is 33.3. The van der Waals surface area contributed by atoms with Crippen LogP contribution in [0.2, 0.25) is 0 Å². The molecule has 142 valence electrons. The second-order valence-electron chi connectivity index (χ2n) is 5.84. The quantitative estimate of drug-likeness (QED) is 0.473. The highest BCUT2D eigenvalue weighted by atomic mass is 32.1. The Morgan fingerprint density at radius 2 is 2.07 bits per heavy atom. The van der Waals surface area contributed by atoms with E-state index in [1.54, 1.807) is 43.3 Å².